The molecule has 1 rings (SSSR count). The summed E-state index contributed by atoms with van der Waals surface area (Å²) in [5, 5.41) is 8.23. The molecule has 1 aliphatic rings. The zero-order chi connectivity index (χ0) is 5.28. The fourth-order valence-electron chi connectivity index (χ4n) is 0.655. The summed E-state index contributed by atoms with van der Waals surface area (Å²) < 4.78 is 0. The van der Waals surface area contributed by atoms with Crippen LogP contribution < -0.4 is 0 Å². The van der Waals surface area contributed by atoms with Gasteiger partial charge in [0.2, 0.25) is 0 Å². The second-order valence-corrected chi connectivity index (χ2v) is 1.97. The summed E-state index contributed by atoms with van der Waals surface area (Å²) in [6, 6.07) is 0. The summed E-state index contributed by atoms with van der Waals surface area (Å²) in [4.78, 5) is 9.98. The van der Waals surface area contributed by atoms with E-state index < -0.39 is 5.97 Å². The molecule has 2 nitrogen and oxygen atoms in total. The molecule has 1 aliphatic carbocycles. The van der Waals surface area contributed by atoms with Crippen LogP contribution in [0.3, 0.4) is 0 Å². The maximum Gasteiger partial charge on any atom is 0.306 e. The van der Waals surface area contributed by atoms with Gasteiger partial charge in [0.05, 0.1) is 5.92 Å². The fraction of sp³-hybridized carbons (Fsp3) is 0.800. The van der Waals surface area contributed by atoms with E-state index in [1.165, 1.54) is 0 Å². The largest absolute Gasteiger partial charge is 0.481 e. The summed E-state index contributed by atoms with van der Waals surface area (Å²) >= 11 is 0. The van der Waals surface area contributed by atoms with Gasteiger partial charge in [0.25, 0.3) is 0 Å². The molecule has 0 aromatic rings. The Balaban J connectivity index is 0.000000490. The van der Waals surface area contributed by atoms with Crippen LogP contribution in [-0.2, 0) is 21.6 Å². The van der Waals surface area contributed by atoms with Crippen molar-refractivity contribution in [2.75, 3.05) is 0 Å². The molecule has 1 N–H and O–H groups in total. The van der Waals surface area contributed by atoms with Crippen molar-refractivity contribution in [1.29, 1.82) is 0 Å². The van der Waals surface area contributed by atoms with E-state index in [1.807, 2.05) is 0 Å². The van der Waals surface area contributed by atoms with Crippen molar-refractivity contribution < 1.29 is 26.7 Å². The van der Waals surface area contributed by atoms with Gasteiger partial charge in [-0.25, -0.2) is 0 Å². The molecule has 1 radical (unpaired) electrons. The summed E-state index contributed by atoms with van der Waals surface area (Å²) in [5.41, 5.74) is 0. The number of carboxylic acid groups (broad SMARTS) is 1. The number of carboxylic acids is 1. The molecule has 8 heavy (non-hydrogen) atoms. The first-order valence-corrected chi connectivity index (χ1v) is 2.53. The van der Waals surface area contributed by atoms with E-state index >= 15 is 0 Å². The Labute approximate surface area is 58.5 Å². The summed E-state index contributed by atoms with van der Waals surface area (Å²) in [5.74, 6) is -0.619. The van der Waals surface area contributed by atoms with Crippen molar-refractivity contribution >= 4 is 5.97 Å². The third kappa shape index (κ3) is 1.49. The number of rotatable bonds is 1. The van der Waals surface area contributed by atoms with E-state index in [1.54, 1.807) is 0 Å². The van der Waals surface area contributed by atoms with Crippen molar-refractivity contribution in [3.05, 3.63) is 0 Å². The van der Waals surface area contributed by atoms with Gasteiger partial charge >= 0.3 is 5.97 Å². The van der Waals surface area contributed by atoms with E-state index in [2.05, 4.69) is 0 Å². The van der Waals surface area contributed by atoms with Gasteiger partial charge in [0.1, 0.15) is 0 Å². The fourth-order valence-corrected chi connectivity index (χ4v) is 0.655. The molecule has 0 aromatic heterocycles. The Bertz CT molecular complexity index is 88.4. The van der Waals surface area contributed by atoms with Gasteiger partial charge in [0.15, 0.2) is 0 Å². The molecule has 0 aliphatic heterocycles. The van der Waals surface area contributed by atoms with Crippen LogP contribution in [-0.4, -0.2) is 11.1 Å². The number of hydrogen-bond acceptors (Lipinski definition) is 1. The van der Waals surface area contributed by atoms with Gasteiger partial charge in [0, 0.05) is 16.8 Å². The molecule has 3 heteroatoms. The normalized spacial score (nSPS) is 18.5. The van der Waals surface area contributed by atoms with Crippen LogP contribution in [0.15, 0.2) is 0 Å². The first-order valence-electron chi connectivity index (χ1n) is 2.53. The smallest absolute Gasteiger partial charge is 0.306 e. The molecule has 1 saturated carbocycles. The van der Waals surface area contributed by atoms with Crippen molar-refractivity contribution in [1.82, 2.24) is 0 Å². The summed E-state index contributed by atoms with van der Waals surface area (Å²) in [7, 11) is 0. The monoisotopic (exact) mass is 159 g/mol. The van der Waals surface area contributed by atoms with Gasteiger partial charge in [-0.05, 0) is 12.8 Å². The van der Waals surface area contributed by atoms with Gasteiger partial charge in [-0.1, -0.05) is 6.42 Å². The van der Waals surface area contributed by atoms with Gasteiger partial charge in [-0.2, -0.15) is 0 Å². The van der Waals surface area contributed by atoms with E-state index in [0.29, 0.717) is 0 Å². The van der Waals surface area contributed by atoms with Crippen LogP contribution in [0, 0.1) is 5.92 Å². The van der Waals surface area contributed by atoms with Crippen LogP contribution in [0.4, 0.5) is 0 Å². The Morgan fingerprint density at radius 2 is 2.00 bits per heavy atom. The number of aliphatic carboxylic acids is 1. The number of hydrogen-bond donors (Lipinski definition) is 1. The SMILES string of the molecule is O=C(O)C1CCC1.[Co]. The molecule has 0 saturated heterocycles. The molecule has 49 valence electrons. The minimum atomic E-state index is -0.619. The standard InChI is InChI=1S/C5H8O2.Co/c6-5(7)4-2-1-3-4;/h4H,1-3H2,(H,6,7);. The molecule has 0 bridgehead atoms. The average molecular weight is 159 g/mol. The van der Waals surface area contributed by atoms with Crippen LogP contribution in [0.2, 0.25) is 0 Å². The van der Waals surface area contributed by atoms with Crippen LogP contribution in [0.5, 0.6) is 0 Å². The van der Waals surface area contributed by atoms with E-state index in [0.717, 1.165) is 19.3 Å². The van der Waals surface area contributed by atoms with Crippen molar-refractivity contribution in [3.63, 3.8) is 0 Å². The molecule has 0 amide bonds. The third-order valence-electron chi connectivity index (χ3n) is 1.45. The Kier molecular flexibility index (Phi) is 3.08. The van der Waals surface area contributed by atoms with Crippen LogP contribution in [0.1, 0.15) is 19.3 Å². The molecular formula is C5H8CoO2. The van der Waals surface area contributed by atoms with Gasteiger partial charge in [-0.15, -0.1) is 0 Å². The van der Waals surface area contributed by atoms with Crippen LogP contribution in [0.25, 0.3) is 0 Å². The molecule has 0 aromatic carbocycles. The maximum atomic E-state index is 9.98. The van der Waals surface area contributed by atoms with Gasteiger partial charge < -0.3 is 5.11 Å². The zero-order valence-corrected chi connectivity index (χ0v) is 5.43. The van der Waals surface area contributed by atoms with E-state index in [-0.39, 0.29) is 22.7 Å². The van der Waals surface area contributed by atoms with Crippen LogP contribution >= 0.6 is 0 Å². The second kappa shape index (κ2) is 3.09. The Hall–Kier alpha value is -0.0235. The predicted molar refractivity (Wildman–Crippen MR) is 25.0 cm³/mol. The van der Waals surface area contributed by atoms with E-state index in [4.69, 9.17) is 5.11 Å². The molecular weight excluding hydrogens is 151 g/mol. The minimum Gasteiger partial charge on any atom is -0.481 e. The predicted octanol–water partition coefficient (Wildman–Crippen LogP) is 0.869. The number of carbonyl (C=O) groups is 1. The van der Waals surface area contributed by atoms with Crippen molar-refractivity contribution in [3.8, 4) is 0 Å². The summed E-state index contributed by atoms with van der Waals surface area (Å²) in [6.45, 7) is 0. The first kappa shape index (κ1) is 7.98. The zero-order valence-electron chi connectivity index (χ0n) is 4.39. The molecule has 0 spiro atoms. The second-order valence-electron chi connectivity index (χ2n) is 1.97. The topological polar surface area (TPSA) is 37.3 Å². The molecule has 0 atom stereocenters. The van der Waals surface area contributed by atoms with Crippen molar-refractivity contribution in [2.24, 2.45) is 5.92 Å². The van der Waals surface area contributed by atoms with Crippen molar-refractivity contribution in [2.45, 2.75) is 19.3 Å². The average Bonchev–Trinajstić information content (AvgIpc) is 1.23. The molecule has 1 fully saturated rings. The minimum absolute atomic E-state index is 0. The quantitative estimate of drug-likeness (QED) is 0.616. The Morgan fingerprint density at radius 3 is 2.00 bits per heavy atom. The Morgan fingerprint density at radius 1 is 1.50 bits per heavy atom. The molecule has 0 unspecified atom stereocenters. The first-order chi connectivity index (χ1) is 3.30. The summed E-state index contributed by atoms with van der Waals surface area (Å²) in [6.07, 6.45) is 2.90. The third-order valence-corrected chi connectivity index (χ3v) is 1.45. The van der Waals surface area contributed by atoms with E-state index in [9.17, 15) is 4.79 Å². The van der Waals surface area contributed by atoms with Gasteiger partial charge in [-0.3, -0.25) is 4.79 Å². The molecule has 0 heterocycles. The maximum absolute atomic E-state index is 9.98.